The third-order valence-corrected chi connectivity index (χ3v) is 6.12. The Morgan fingerprint density at radius 3 is 2.70 bits per heavy atom. The van der Waals surface area contributed by atoms with Gasteiger partial charge >= 0.3 is 5.97 Å². The van der Waals surface area contributed by atoms with E-state index in [9.17, 15) is 13.2 Å². The fourth-order valence-corrected chi connectivity index (χ4v) is 4.69. The zero-order valence-corrected chi connectivity index (χ0v) is 15.9. The molecule has 0 aliphatic heterocycles. The fraction of sp³-hybridized carbons (Fsp3) is 0.222. The highest BCUT2D eigenvalue weighted by Crippen LogP contribution is 2.27. The SMILES string of the molecule is NCc1cccc(S(=O)(=O)n2c(CCCC(=O)O)cc3nc(Cl)ccc32)c1. The first kappa shape index (κ1) is 19.3. The van der Waals surface area contributed by atoms with E-state index in [4.69, 9.17) is 22.4 Å². The number of aliphatic carboxylic acids is 1. The Kier molecular flexibility index (Phi) is 5.50. The van der Waals surface area contributed by atoms with E-state index >= 15 is 0 Å². The monoisotopic (exact) mass is 407 g/mol. The van der Waals surface area contributed by atoms with Crippen molar-refractivity contribution in [1.29, 1.82) is 0 Å². The molecule has 3 rings (SSSR count). The highest BCUT2D eigenvalue weighted by atomic mass is 35.5. The van der Waals surface area contributed by atoms with Crippen LogP contribution in [0.2, 0.25) is 5.15 Å². The first-order valence-electron chi connectivity index (χ1n) is 8.26. The van der Waals surface area contributed by atoms with Crippen LogP contribution in [0.25, 0.3) is 11.0 Å². The molecule has 0 spiro atoms. The van der Waals surface area contributed by atoms with Crippen LogP contribution in [-0.4, -0.2) is 28.5 Å². The highest BCUT2D eigenvalue weighted by molar-refractivity contribution is 7.90. The van der Waals surface area contributed by atoms with E-state index in [1.54, 1.807) is 24.3 Å². The summed E-state index contributed by atoms with van der Waals surface area (Å²) in [6, 6.07) is 11.2. The number of aryl methyl sites for hydroxylation is 1. The van der Waals surface area contributed by atoms with E-state index in [2.05, 4.69) is 4.98 Å². The Morgan fingerprint density at radius 2 is 2.00 bits per heavy atom. The van der Waals surface area contributed by atoms with Gasteiger partial charge < -0.3 is 10.8 Å². The third kappa shape index (κ3) is 3.97. The number of nitrogens with zero attached hydrogens (tertiary/aromatic N) is 2. The topological polar surface area (TPSA) is 115 Å². The number of hydrogen-bond acceptors (Lipinski definition) is 5. The number of carboxylic acid groups (broad SMARTS) is 1. The normalized spacial score (nSPS) is 11.8. The van der Waals surface area contributed by atoms with Crippen molar-refractivity contribution in [2.45, 2.75) is 30.7 Å². The van der Waals surface area contributed by atoms with Crippen molar-refractivity contribution < 1.29 is 18.3 Å². The zero-order chi connectivity index (χ0) is 19.6. The summed E-state index contributed by atoms with van der Waals surface area (Å²) >= 11 is 5.94. The second-order valence-corrected chi connectivity index (χ2v) is 8.22. The lowest BCUT2D eigenvalue weighted by molar-refractivity contribution is -0.137. The first-order valence-corrected chi connectivity index (χ1v) is 10.1. The molecule has 0 fully saturated rings. The number of benzene rings is 1. The summed E-state index contributed by atoms with van der Waals surface area (Å²) in [7, 11) is -3.92. The predicted molar refractivity (Wildman–Crippen MR) is 102 cm³/mol. The number of carbonyl (C=O) groups is 1. The molecule has 3 aromatic rings. The lowest BCUT2D eigenvalue weighted by Gasteiger charge is -2.12. The maximum Gasteiger partial charge on any atom is 0.303 e. The Labute approximate surface area is 161 Å². The molecular formula is C18H18ClN3O4S. The first-order chi connectivity index (χ1) is 12.8. The second kappa shape index (κ2) is 7.67. The average molecular weight is 408 g/mol. The minimum atomic E-state index is -3.92. The summed E-state index contributed by atoms with van der Waals surface area (Å²) in [5, 5.41) is 9.12. The summed E-state index contributed by atoms with van der Waals surface area (Å²) in [5.74, 6) is -0.933. The standard InChI is InChI=1S/C18H18ClN3O4S/c19-17-8-7-16-15(21-17)10-13(4-2-6-18(23)24)22(16)27(25,26)14-5-1-3-12(9-14)11-20/h1,3,5,7-10H,2,4,6,11,20H2,(H,23,24). The average Bonchev–Trinajstić information content (AvgIpc) is 2.99. The van der Waals surface area contributed by atoms with Gasteiger partial charge in [0, 0.05) is 18.7 Å². The summed E-state index contributed by atoms with van der Waals surface area (Å²) < 4.78 is 27.9. The molecule has 0 saturated heterocycles. The molecule has 0 radical (unpaired) electrons. The van der Waals surface area contributed by atoms with Gasteiger partial charge in [-0.15, -0.1) is 0 Å². The summed E-state index contributed by atoms with van der Waals surface area (Å²) in [5.41, 5.74) is 7.61. The van der Waals surface area contributed by atoms with Gasteiger partial charge in [0.05, 0.1) is 15.9 Å². The van der Waals surface area contributed by atoms with Crippen LogP contribution in [-0.2, 0) is 27.8 Å². The van der Waals surface area contributed by atoms with Crippen molar-refractivity contribution in [3.05, 3.63) is 58.9 Å². The van der Waals surface area contributed by atoms with Gasteiger partial charge in [-0.1, -0.05) is 23.7 Å². The second-order valence-electron chi connectivity index (χ2n) is 6.04. The number of hydrogen-bond donors (Lipinski definition) is 2. The van der Waals surface area contributed by atoms with Crippen LogP contribution in [0.3, 0.4) is 0 Å². The molecular weight excluding hydrogens is 390 g/mol. The summed E-state index contributed by atoms with van der Waals surface area (Å²) in [4.78, 5) is 15.1. The molecule has 27 heavy (non-hydrogen) atoms. The summed E-state index contributed by atoms with van der Waals surface area (Å²) in [6.45, 7) is 0.221. The van der Waals surface area contributed by atoms with Crippen LogP contribution in [0.5, 0.6) is 0 Å². The van der Waals surface area contributed by atoms with E-state index in [1.165, 1.54) is 22.2 Å². The van der Waals surface area contributed by atoms with Crippen molar-refractivity contribution in [2.75, 3.05) is 0 Å². The van der Waals surface area contributed by atoms with Crippen LogP contribution in [0.4, 0.5) is 0 Å². The fourth-order valence-electron chi connectivity index (χ4n) is 2.91. The Hall–Kier alpha value is -2.42. The molecule has 3 N–H and O–H groups in total. The van der Waals surface area contributed by atoms with E-state index in [-0.39, 0.29) is 29.4 Å². The van der Waals surface area contributed by atoms with E-state index in [0.717, 1.165) is 0 Å². The van der Waals surface area contributed by atoms with Crippen LogP contribution in [0.1, 0.15) is 24.1 Å². The molecule has 0 amide bonds. The van der Waals surface area contributed by atoms with Gasteiger partial charge in [-0.2, -0.15) is 0 Å². The van der Waals surface area contributed by atoms with Crippen LogP contribution in [0, 0.1) is 0 Å². The van der Waals surface area contributed by atoms with Crippen molar-refractivity contribution in [3.8, 4) is 0 Å². The van der Waals surface area contributed by atoms with Gasteiger partial charge in [0.2, 0.25) is 0 Å². The molecule has 2 aromatic heterocycles. The largest absolute Gasteiger partial charge is 0.481 e. The highest BCUT2D eigenvalue weighted by Gasteiger charge is 2.24. The van der Waals surface area contributed by atoms with Crippen molar-refractivity contribution in [1.82, 2.24) is 8.96 Å². The van der Waals surface area contributed by atoms with E-state index in [0.29, 0.717) is 28.7 Å². The molecule has 0 bridgehead atoms. The molecule has 0 aliphatic carbocycles. The molecule has 2 heterocycles. The minimum absolute atomic E-state index is 0.0571. The number of aromatic nitrogens is 2. The minimum Gasteiger partial charge on any atom is -0.481 e. The molecule has 0 unspecified atom stereocenters. The van der Waals surface area contributed by atoms with Gasteiger partial charge in [0.1, 0.15) is 5.15 Å². The number of rotatable bonds is 7. The van der Waals surface area contributed by atoms with Crippen molar-refractivity contribution in [2.24, 2.45) is 5.73 Å². The summed E-state index contributed by atoms with van der Waals surface area (Å²) in [6.07, 6.45) is 0.520. The van der Waals surface area contributed by atoms with Gasteiger partial charge in [-0.05, 0) is 48.7 Å². The number of fused-ring (bicyclic) bond motifs is 1. The number of pyridine rings is 1. The Bertz CT molecular complexity index is 1110. The molecule has 0 saturated carbocycles. The number of nitrogens with two attached hydrogens (primary N) is 1. The molecule has 0 atom stereocenters. The Balaban J connectivity index is 2.16. The quantitative estimate of drug-likeness (QED) is 0.582. The van der Waals surface area contributed by atoms with Gasteiger partial charge in [-0.3, -0.25) is 4.79 Å². The van der Waals surface area contributed by atoms with E-state index < -0.39 is 16.0 Å². The molecule has 142 valence electrons. The Morgan fingerprint density at radius 1 is 1.22 bits per heavy atom. The zero-order valence-electron chi connectivity index (χ0n) is 14.3. The van der Waals surface area contributed by atoms with Crippen molar-refractivity contribution >= 4 is 38.6 Å². The molecule has 0 aliphatic rings. The van der Waals surface area contributed by atoms with Gasteiger partial charge in [0.15, 0.2) is 0 Å². The van der Waals surface area contributed by atoms with Crippen LogP contribution < -0.4 is 5.73 Å². The number of halogens is 1. The lowest BCUT2D eigenvalue weighted by Crippen LogP contribution is -2.16. The maximum atomic E-state index is 13.3. The van der Waals surface area contributed by atoms with Crippen LogP contribution >= 0.6 is 11.6 Å². The molecule has 9 heteroatoms. The van der Waals surface area contributed by atoms with Crippen LogP contribution in [0.15, 0.2) is 47.4 Å². The van der Waals surface area contributed by atoms with Gasteiger partial charge in [-0.25, -0.2) is 17.4 Å². The number of carboxylic acids is 1. The smallest absolute Gasteiger partial charge is 0.303 e. The van der Waals surface area contributed by atoms with E-state index in [1.807, 2.05) is 0 Å². The van der Waals surface area contributed by atoms with Gasteiger partial charge in [0.25, 0.3) is 10.0 Å². The predicted octanol–water partition coefficient (Wildman–Crippen LogP) is 2.79. The third-order valence-electron chi connectivity index (χ3n) is 4.15. The lowest BCUT2D eigenvalue weighted by atomic mass is 10.2. The molecule has 1 aromatic carbocycles. The molecule has 7 nitrogen and oxygen atoms in total. The van der Waals surface area contributed by atoms with Crippen molar-refractivity contribution in [3.63, 3.8) is 0 Å². The maximum absolute atomic E-state index is 13.3.